The standard InChI is InChI=1S/C14H22N2OS/c17-14(16-12-8-9-15-11-12)7-3-1-2-5-13-6-4-10-18-13/h4,6,10,12,15H,1-3,5,7-9,11H2,(H,16,17). The number of hydrogen-bond acceptors (Lipinski definition) is 3. The summed E-state index contributed by atoms with van der Waals surface area (Å²) >= 11 is 1.82. The first-order valence-corrected chi connectivity index (χ1v) is 7.75. The van der Waals surface area contributed by atoms with Gasteiger partial charge in [0.2, 0.25) is 5.91 Å². The molecule has 3 nitrogen and oxygen atoms in total. The number of nitrogens with one attached hydrogen (secondary N) is 2. The van der Waals surface area contributed by atoms with E-state index in [9.17, 15) is 4.79 Å². The molecule has 2 rings (SSSR count). The van der Waals surface area contributed by atoms with Gasteiger partial charge < -0.3 is 10.6 Å². The summed E-state index contributed by atoms with van der Waals surface area (Å²) < 4.78 is 0. The first kappa shape index (κ1) is 13.6. The Kier molecular flexibility index (Phi) is 5.68. The molecule has 1 aromatic rings. The number of amides is 1. The second-order valence-electron chi connectivity index (χ2n) is 4.90. The van der Waals surface area contributed by atoms with E-state index in [0.717, 1.165) is 38.8 Å². The lowest BCUT2D eigenvalue weighted by Crippen LogP contribution is -2.35. The Morgan fingerprint density at radius 3 is 3.11 bits per heavy atom. The molecule has 0 aliphatic carbocycles. The van der Waals surface area contributed by atoms with Crippen LogP contribution < -0.4 is 10.6 Å². The lowest BCUT2D eigenvalue weighted by Gasteiger charge is -2.10. The minimum Gasteiger partial charge on any atom is -0.352 e. The van der Waals surface area contributed by atoms with E-state index in [1.165, 1.54) is 11.3 Å². The van der Waals surface area contributed by atoms with E-state index in [2.05, 4.69) is 28.1 Å². The minimum atomic E-state index is 0.222. The summed E-state index contributed by atoms with van der Waals surface area (Å²) in [4.78, 5) is 13.1. The Bertz CT molecular complexity index is 345. The molecule has 18 heavy (non-hydrogen) atoms. The summed E-state index contributed by atoms with van der Waals surface area (Å²) in [6.45, 7) is 1.97. The summed E-state index contributed by atoms with van der Waals surface area (Å²) in [5.74, 6) is 0.222. The second kappa shape index (κ2) is 7.54. The fraction of sp³-hybridized carbons (Fsp3) is 0.643. The number of carbonyl (C=O) groups excluding carboxylic acids is 1. The Morgan fingerprint density at radius 2 is 2.39 bits per heavy atom. The van der Waals surface area contributed by atoms with E-state index in [1.54, 1.807) is 0 Å². The van der Waals surface area contributed by atoms with Crippen LogP contribution in [0.2, 0.25) is 0 Å². The molecule has 0 radical (unpaired) electrons. The van der Waals surface area contributed by atoms with Gasteiger partial charge >= 0.3 is 0 Å². The summed E-state index contributed by atoms with van der Waals surface area (Å²) in [6.07, 6.45) is 6.27. The lowest BCUT2D eigenvalue weighted by molar-refractivity contribution is -0.121. The van der Waals surface area contributed by atoms with Crippen LogP contribution in [-0.4, -0.2) is 25.0 Å². The molecular weight excluding hydrogens is 244 g/mol. The maximum absolute atomic E-state index is 11.7. The molecule has 1 fully saturated rings. The summed E-state index contributed by atoms with van der Waals surface area (Å²) in [7, 11) is 0. The number of unbranched alkanes of at least 4 members (excludes halogenated alkanes) is 2. The average molecular weight is 266 g/mol. The lowest BCUT2D eigenvalue weighted by atomic mass is 10.1. The number of thiophene rings is 1. The number of aryl methyl sites for hydroxylation is 1. The molecular formula is C14H22N2OS. The molecule has 1 atom stereocenters. The van der Waals surface area contributed by atoms with Gasteiger partial charge in [0.15, 0.2) is 0 Å². The van der Waals surface area contributed by atoms with Crippen LogP contribution in [0.1, 0.15) is 37.0 Å². The van der Waals surface area contributed by atoms with Crippen LogP contribution >= 0.6 is 11.3 Å². The molecule has 0 bridgehead atoms. The zero-order valence-corrected chi connectivity index (χ0v) is 11.6. The zero-order chi connectivity index (χ0) is 12.6. The monoisotopic (exact) mass is 266 g/mol. The van der Waals surface area contributed by atoms with Crippen molar-refractivity contribution in [3.63, 3.8) is 0 Å². The molecule has 4 heteroatoms. The minimum absolute atomic E-state index is 0.222. The van der Waals surface area contributed by atoms with E-state index in [0.29, 0.717) is 12.5 Å². The SMILES string of the molecule is O=C(CCCCCc1cccs1)NC1CCNC1. The van der Waals surface area contributed by atoms with E-state index in [4.69, 9.17) is 0 Å². The molecule has 2 N–H and O–H groups in total. The highest BCUT2D eigenvalue weighted by molar-refractivity contribution is 7.09. The third-order valence-corrected chi connectivity index (χ3v) is 4.27. The van der Waals surface area contributed by atoms with Crippen molar-refractivity contribution in [2.75, 3.05) is 13.1 Å². The van der Waals surface area contributed by atoms with Gasteiger partial charge in [-0.15, -0.1) is 11.3 Å². The van der Waals surface area contributed by atoms with Gasteiger partial charge in [0.25, 0.3) is 0 Å². The van der Waals surface area contributed by atoms with Gasteiger partial charge in [-0.1, -0.05) is 12.5 Å². The largest absolute Gasteiger partial charge is 0.352 e. The Hall–Kier alpha value is -0.870. The Morgan fingerprint density at radius 1 is 1.44 bits per heavy atom. The highest BCUT2D eigenvalue weighted by Crippen LogP contribution is 2.13. The molecule has 2 heterocycles. The molecule has 0 aromatic carbocycles. The molecule has 0 spiro atoms. The normalized spacial score (nSPS) is 19.0. The molecule has 1 amide bonds. The van der Waals surface area contributed by atoms with Crippen molar-refractivity contribution in [1.29, 1.82) is 0 Å². The predicted molar refractivity (Wildman–Crippen MR) is 75.9 cm³/mol. The fourth-order valence-corrected chi connectivity index (χ4v) is 3.05. The zero-order valence-electron chi connectivity index (χ0n) is 10.8. The van der Waals surface area contributed by atoms with Crippen LogP contribution in [0.15, 0.2) is 17.5 Å². The molecule has 1 aliphatic heterocycles. The number of hydrogen-bond donors (Lipinski definition) is 2. The van der Waals surface area contributed by atoms with Crippen LogP contribution in [0.3, 0.4) is 0 Å². The highest BCUT2D eigenvalue weighted by Gasteiger charge is 2.15. The molecule has 1 unspecified atom stereocenters. The average Bonchev–Trinajstić information content (AvgIpc) is 3.01. The third kappa shape index (κ3) is 4.78. The summed E-state index contributed by atoms with van der Waals surface area (Å²) in [5.41, 5.74) is 0. The van der Waals surface area contributed by atoms with Crippen molar-refractivity contribution < 1.29 is 4.79 Å². The summed E-state index contributed by atoms with van der Waals surface area (Å²) in [5, 5.41) is 8.46. The van der Waals surface area contributed by atoms with Crippen molar-refractivity contribution in [1.82, 2.24) is 10.6 Å². The van der Waals surface area contributed by atoms with Crippen molar-refractivity contribution in [2.24, 2.45) is 0 Å². The van der Waals surface area contributed by atoms with Crippen molar-refractivity contribution in [3.05, 3.63) is 22.4 Å². The van der Waals surface area contributed by atoms with Crippen molar-refractivity contribution >= 4 is 17.2 Å². The molecule has 1 aliphatic rings. The van der Waals surface area contributed by atoms with Gasteiger partial charge in [0, 0.05) is 23.9 Å². The number of rotatable bonds is 7. The van der Waals surface area contributed by atoms with E-state index < -0.39 is 0 Å². The van der Waals surface area contributed by atoms with Crippen LogP contribution in [0.25, 0.3) is 0 Å². The first-order chi connectivity index (χ1) is 8.84. The maximum Gasteiger partial charge on any atom is 0.220 e. The molecule has 0 saturated carbocycles. The van der Waals surface area contributed by atoms with Gasteiger partial charge in [0.1, 0.15) is 0 Å². The van der Waals surface area contributed by atoms with Gasteiger partial charge in [-0.25, -0.2) is 0 Å². The predicted octanol–water partition coefficient (Wildman–Crippen LogP) is 2.33. The first-order valence-electron chi connectivity index (χ1n) is 6.87. The van der Waals surface area contributed by atoms with Crippen LogP contribution in [0, 0.1) is 0 Å². The van der Waals surface area contributed by atoms with Crippen molar-refractivity contribution in [2.45, 2.75) is 44.6 Å². The third-order valence-electron chi connectivity index (χ3n) is 3.33. The van der Waals surface area contributed by atoms with Crippen LogP contribution in [0.5, 0.6) is 0 Å². The van der Waals surface area contributed by atoms with Gasteiger partial charge in [0.05, 0.1) is 0 Å². The fourth-order valence-electron chi connectivity index (χ4n) is 2.29. The molecule has 1 saturated heterocycles. The molecule has 100 valence electrons. The van der Waals surface area contributed by atoms with Gasteiger partial charge in [-0.2, -0.15) is 0 Å². The maximum atomic E-state index is 11.7. The highest BCUT2D eigenvalue weighted by atomic mass is 32.1. The van der Waals surface area contributed by atoms with Crippen molar-refractivity contribution in [3.8, 4) is 0 Å². The Balaban J connectivity index is 1.48. The topological polar surface area (TPSA) is 41.1 Å². The second-order valence-corrected chi connectivity index (χ2v) is 5.93. The smallest absolute Gasteiger partial charge is 0.220 e. The molecule has 1 aromatic heterocycles. The van der Waals surface area contributed by atoms with Crippen LogP contribution in [0.4, 0.5) is 0 Å². The van der Waals surface area contributed by atoms with Gasteiger partial charge in [-0.05, 0) is 43.7 Å². The summed E-state index contributed by atoms with van der Waals surface area (Å²) in [6, 6.07) is 4.65. The van der Waals surface area contributed by atoms with Crippen LogP contribution in [-0.2, 0) is 11.2 Å². The van der Waals surface area contributed by atoms with Gasteiger partial charge in [-0.3, -0.25) is 4.79 Å². The van der Waals surface area contributed by atoms with E-state index >= 15 is 0 Å². The Labute approximate surface area is 113 Å². The number of carbonyl (C=O) groups is 1. The van der Waals surface area contributed by atoms with E-state index in [-0.39, 0.29) is 5.91 Å². The quantitative estimate of drug-likeness (QED) is 0.744. The van der Waals surface area contributed by atoms with E-state index in [1.807, 2.05) is 11.3 Å².